The number of hydrogen-bond donors (Lipinski definition) is 0. The third-order valence-corrected chi connectivity index (χ3v) is 2.76. The minimum Gasteiger partial charge on any atom is -0.335 e. The molecule has 2 atom stereocenters. The molecule has 1 fully saturated rings. The highest BCUT2D eigenvalue weighted by Crippen LogP contribution is 2.32. The third-order valence-electron chi connectivity index (χ3n) is 2.76. The topological polar surface area (TPSA) is 20.3 Å². The molecule has 1 aliphatic heterocycles. The lowest BCUT2D eigenvalue weighted by molar-refractivity contribution is -0.134. The van der Waals surface area contributed by atoms with E-state index in [9.17, 15) is 4.79 Å². The first-order valence-corrected chi connectivity index (χ1v) is 4.67. The van der Waals surface area contributed by atoms with Crippen LogP contribution in [-0.4, -0.2) is 23.4 Å². The minimum atomic E-state index is 0.151. The second kappa shape index (κ2) is 2.61. The molecule has 1 heterocycles. The second-order valence-corrected chi connectivity index (χ2v) is 4.09. The molecule has 1 aliphatic carbocycles. The fraction of sp³-hybridized carbons (Fsp3) is 0.700. The van der Waals surface area contributed by atoms with Gasteiger partial charge in [-0.1, -0.05) is 26.0 Å². The van der Waals surface area contributed by atoms with Crippen molar-refractivity contribution in [2.24, 2.45) is 11.8 Å². The summed E-state index contributed by atoms with van der Waals surface area (Å²) in [7, 11) is 0. The van der Waals surface area contributed by atoms with Gasteiger partial charge in [0.25, 0.3) is 0 Å². The van der Waals surface area contributed by atoms with Crippen LogP contribution < -0.4 is 0 Å². The number of rotatable bonds is 1. The van der Waals surface area contributed by atoms with Crippen molar-refractivity contribution in [3.63, 3.8) is 0 Å². The Morgan fingerprint density at radius 1 is 1.50 bits per heavy atom. The van der Waals surface area contributed by atoms with Crippen LogP contribution in [0.2, 0.25) is 0 Å². The first kappa shape index (κ1) is 7.84. The van der Waals surface area contributed by atoms with E-state index in [1.165, 1.54) is 6.42 Å². The molecule has 0 aromatic carbocycles. The Labute approximate surface area is 73.2 Å². The van der Waals surface area contributed by atoms with Crippen molar-refractivity contribution >= 4 is 5.91 Å². The van der Waals surface area contributed by atoms with E-state index in [4.69, 9.17) is 0 Å². The lowest BCUT2D eigenvalue weighted by atomic mass is 10.1. The summed E-state index contributed by atoms with van der Waals surface area (Å²) in [6, 6.07) is 0.421. The Bertz CT molecular complexity index is 232. The monoisotopic (exact) mass is 165 g/mol. The fourth-order valence-corrected chi connectivity index (χ4v) is 2.09. The van der Waals surface area contributed by atoms with Crippen molar-refractivity contribution in [3.8, 4) is 0 Å². The molecule has 1 amide bonds. The number of nitrogens with zero attached hydrogens (tertiary/aromatic N) is 1. The van der Waals surface area contributed by atoms with Crippen molar-refractivity contribution in [3.05, 3.63) is 12.2 Å². The van der Waals surface area contributed by atoms with Gasteiger partial charge in [-0.25, -0.2) is 0 Å². The molecule has 2 aliphatic rings. The zero-order valence-electron chi connectivity index (χ0n) is 7.66. The molecule has 2 unspecified atom stereocenters. The summed E-state index contributed by atoms with van der Waals surface area (Å²) in [5.74, 6) is 1.11. The molecule has 0 aromatic rings. The molecule has 2 heteroatoms. The van der Waals surface area contributed by atoms with Crippen LogP contribution in [-0.2, 0) is 4.79 Å². The molecule has 1 saturated heterocycles. The van der Waals surface area contributed by atoms with Crippen LogP contribution in [0.3, 0.4) is 0 Å². The van der Waals surface area contributed by atoms with E-state index < -0.39 is 0 Å². The Morgan fingerprint density at radius 2 is 2.25 bits per heavy atom. The summed E-state index contributed by atoms with van der Waals surface area (Å²) in [6.45, 7) is 4.90. The molecule has 0 N–H and O–H groups in total. The zero-order chi connectivity index (χ0) is 8.72. The van der Waals surface area contributed by atoms with E-state index in [-0.39, 0.29) is 5.92 Å². The summed E-state index contributed by atoms with van der Waals surface area (Å²) >= 11 is 0. The molecule has 0 saturated carbocycles. The minimum absolute atomic E-state index is 0.151. The maximum Gasteiger partial charge on any atom is 0.225 e. The molecule has 0 aromatic heterocycles. The number of carbonyl (C=O) groups is 1. The Hall–Kier alpha value is -0.790. The van der Waals surface area contributed by atoms with Crippen molar-refractivity contribution in [1.82, 2.24) is 4.90 Å². The summed E-state index contributed by atoms with van der Waals surface area (Å²) in [5, 5.41) is 0. The number of fused-ring (bicyclic) bond motifs is 2. The number of likely N-dealkylation sites (tertiary alicyclic amines) is 1. The van der Waals surface area contributed by atoms with Gasteiger partial charge in [-0.2, -0.15) is 0 Å². The van der Waals surface area contributed by atoms with Gasteiger partial charge in [0.05, 0.1) is 6.04 Å². The highest BCUT2D eigenvalue weighted by Gasteiger charge is 2.36. The maximum absolute atomic E-state index is 11.6. The SMILES string of the molecule is CC(C)C(=O)N1CC2C=CC1C2. The van der Waals surface area contributed by atoms with Crippen molar-refractivity contribution in [2.75, 3.05) is 6.54 Å². The quantitative estimate of drug-likeness (QED) is 0.538. The molecule has 12 heavy (non-hydrogen) atoms. The van der Waals surface area contributed by atoms with E-state index >= 15 is 0 Å². The van der Waals surface area contributed by atoms with E-state index in [0.717, 1.165) is 6.54 Å². The standard InChI is InChI=1S/C10H15NO/c1-7(2)10(12)11-6-8-3-4-9(11)5-8/h3-4,7-9H,5-6H2,1-2H3. The smallest absolute Gasteiger partial charge is 0.225 e. The zero-order valence-corrected chi connectivity index (χ0v) is 7.66. The van der Waals surface area contributed by atoms with Gasteiger partial charge in [0.1, 0.15) is 0 Å². The molecule has 2 bridgehead atoms. The predicted molar refractivity (Wildman–Crippen MR) is 47.6 cm³/mol. The highest BCUT2D eigenvalue weighted by molar-refractivity contribution is 5.79. The van der Waals surface area contributed by atoms with Crippen LogP contribution in [0, 0.1) is 11.8 Å². The number of hydrogen-bond acceptors (Lipinski definition) is 1. The van der Waals surface area contributed by atoms with Gasteiger partial charge in [-0.05, 0) is 12.3 Å². The Kier molecular flexibility index (Phi) is 1.71. The summed E-state index contributed by atoms with van der Waals surface area (Å²) < 4.78 is 0. The van der Waals surface area contributed by atoms with Gasteiger partial charge in [0.2, 0.25) is 5.91 Å². The van der Waals surface area contributed by atoms with Crippen molar-refractivity contribution in [2.45, 2.75) is 26.3 Å². The van der Waals surface area contributed by atoms with Crippen LogP contribution in [0.5, 0.6) is 0 Å². The molecule has 0 radical (unpaired) electrons. The summed E-state index contributed by atoms with van der Waals surface area (Å²) in [6.07, 6.45) is 5.59. The van der Waals surface area contributed by atoms with Crippen LogP contribution in [0.25, 0.3) is 0 Å². The van der Waals surface area contributed by atoms with Gasteiger partial charge in [0.15, 0.2) is 0 Å². The van der Waals surface area contributed by atoms with Crippen molar-refractivity contribution < 1.29 is 4.79 Å². The van der Waals surface area contributed by atoms with Gasteiger partial charge in [-0.15, -0.1) is 0 Å². The van der Waals surface area contributed by atoms with Crippen LogP contribution in [0.15, 0.2) is 12.2 Å². The van der Waals surface area contributed by atoms with E-state index in [1.807, 2.05) is 18.7 Å². The first-order valence-electron chi connectivity index (χ1n) is 4.67. The lowest BCUT2D eigenvalue weighted by Gasteiger charge is -2.25. The molecule has 0 spiro atoms. The predicted octanol–water partition coefficient (Wildman–Crippen LogP) is 1.43. The second-order valence-electron chi connectivity index (χ2n) is 4.09. The average molecular weight is 165 g/mol. The van der Waals surface area contributed by atoms with Crippen molar-refractivity contribution in [1.29, 1.82) is 0 Å². The first-order chi connectivity index (χ1) is 5.68. The van der Waals surface area contributed by atoms with E-state index in [1.54, 1.807) is 0 Å². The molecule has 2 nitrogen and oxygen atoms in total. The normalized spacial score (nSPS) is 32.1. The van der Waals surface area contributed by atoms with Gasteiger partial charge < -0.3 is 4.90 Å². The summed E-state index contributed by atoms with van der Waals surface area (Å²) in [5.41, 5.74) is 0. The Morgan fingerprint density at radius 3 is 2.67 bits per heavy atom. The largest absolute Gasteiger partial charge is 0.335 e. The maximum atomic E-state index is 11.6. The summed E-state index contributed by atoms with van der Waals surface area (Å²) in [4.78, 5) is 13.7. The molecular weight excluding hydrogens is 150 g/mol. The molecule has 2 rings (SSSR count). The van der Waals surface area contributed by atoms with Gasteiger partial charge in [-0.3, -0.25) is 4.79 Å². The molecule has 66 valence electrons. The van der Waals surface area contributed by atoms with Gasteiger partial charge in [0, 0.05) is 12.5 Å². The van der Waals surface area contributed by atoms with Crippen LogP contribution >= 0.6 is 0 Å². The van der Waals surface area contributed by atoms with Crippen LogP contribution in [0.1, 0.15) is 20.3 Å². The van der Waals surface area contributed by atoms with E-state index in [2.05, 4.69) is 12.2 Å². The fourth-order valence-electron chi connectivity index (χ4n) is 2.09. The van der Waals surface area contributed by atoms with Crippen LogP contribution in [0.4, 0.5) is 0 Å². The van der Waals surface area contributed by atoms with Gasteiger partial charge >= 0.3 is 0 Å². The third kappa shape index (κ3) is 1.06. The Balaban J connectivity index is 2.08. The average Bonchev–Trinajstić information content (AvgIpc) is 2.62. The number of carbonyl (C=O) groups excluding carboxylic acids is 1. The molecular formula is C10H15NO. The van der Waals surface area contributed by atoms with E-state index in [0.29, 0.717) is 17.9 Å². The number of amides is 1. The highest BCUT2D eigenvalue weighted by atomic mass is 16.2. The lowest BCUT2D eigenvalue weighted by Crippen LogP contribution is -2.38.